The molecule has 25 heavy (non-hydrogen) atoms. The molecule has 0 saturated carbocycles. The maximum atomic E-state index is 11.7. The van der Waals surface area contributed by atoms with Crippen molar-refractivity contribution in [2.75, 3.05) is 6.61 Å². The Bertz CT molecular complexity index is 325. The summed E-state index contributed by atoms with van der Waals surface area (Å²) in [6.45, 7) is 5.89. The van der Waals surface area contributed by atoms with Gasteiger partial charge in [0.1, 0.15) is 11.7 Å². The van der Waals surface area contributed by atoms with Crippen LogP contribution in [0.2, 0.25) is 0 Å². The summed E-state index contributed by atoms with van der Waals surface area (Å²) in [5.74, 6) is -0.949. The molecule has 0 aromatic rings. The van der Waals surface area contributed by atoms with E-state index in [0.29, 0.717) is 13.0 Å². The van der Waals surface area contributed by atoms with Crippen molar-refractivity contribution in [3.63, 3.8) is 0 Å². The number of hydrogen-bond donors (Lipinski definition) is 0. The number of rotatable bonds is 18. The van der Waals surface area contributed by atoms with Gasteiger partial charge >= 0.3 is 5.97 Å². The van der Waals surface area contributed by atoms with Crippen LogP contribution in [0.15, 0.2) is 0 Å². The Morgan fingerprint density at radius 2 is 1.08 bits per heavy atom. The fraction of sp³-hybridized carbons (Fsp3) is 0.909. The van der Waals surface area contributed by atoms with Gasteiger partial charge in [0, 0.05) is 0 Å². The molecule has 3 nitrogen and oxygen atoms in total. The lowest BCUT2D eigenvalue weighted by molar-refractivity contribution is -0.151. The van der Waals surface area contributed by atoms with E-state index in [4.69, 9.17) is 4.74 Å². The van der Waals surface area contributed by atoms with E-state index in [2.05, 4.69) is 6.92 Å². The minimum Gasteiger partial charge on any atom is -0.465 e. The zero-order chi connectivity index (χ0) is 18.8. The van der Waals surface area contributed by atoms with E-state index in [1.807, 2.05) is 0 Å². The highest BCUT2D eigenvalue weighted by atomic mass is 16.5. The summed E-state index contributed by atoms with van der Waals surface area (Å²) in [5, 5.41) is 0. The fourth-order valence-electron chi connectivity index (χ4n) is 3.27. The molecule has 0 aliphatic heterocycles. The molecule has 0 fully saturated rings. The summed E-state index contributed by atoms with van der Waals surface area (Å²) in [5.41, 5.74) is 0. The van der Waals surface area contributed by atoms with Crippen molar-refractivity contribution in [3.05, 3.63) is 0 Å². The number of unbranched alkanes of at least 4 members (excludes halogenated alkanes) is 13. The molecule has 0 radical (unpaired) electrons. The lowest BCUT2D eigenvalue weighted by Crippen LogP contribution is -2.24. The van der Waals surface area contributed by atoms with Crippen molar-refractivity contribution in [2.45, 2.75) is 117 Å². The molecule has 0 spiro atoms. The van der Waals surface area contributed by atoms with Gasteiger partial charge in [0.2, 0.25) is 0 Å². The molecule has 0 bridgehead atoms. The molecular weight excluding hydrogens is 312 g/mol. The summed E-state index contributed by atoms with van der Waals surface area (Å²) in [6.07, 6.45) is 19.0. The van der Waals surface area contributed by atoms with E-state index in [1.54, 1.807) is 6.92 Å². The smallest absolute Gasteiger partial charge is 0.316 e. The van der Waals surface area contributed by atoms with Gasteiger partial charge in [0.15, 0.2) is 0 Å². The third-order valence-corrected chi connectivity index (χ3v) is 4.91. The molecule has 0 rings (SSSR count). The van der Waals surface area contributed by atoms with Crippen LogP contribution in [0.3, 0.4) is 0 Å². The first-order valence-electron chi connectivity index (χ1n) is 10.8. The van der Waals surface area contributed by atoms with Gasteiger partial charge in [-0.3, -0.25) is 9.59 Å². The lowest BCUT2D eigenvalue weighted by Gasteiger charge is -2.12. The van der Waals surface area contributed by atoms with E-state index < -0.39 is 5.92 Å². The maximum Gasteiger partial charge on any atom is 0.316 e. The SMILES string of the molecule is CCCCCCCCCCCCCCCCC(C(C)=O)C(=O)OCC. The van der Waals surface area contributed by atoms with Crippen LogP contribution in [-0.2, 0) is 14.3 Å². The van der Waals surface area contributed by atoms with Gasteiger partial charge < -0.3 is 4.74 Å². The Hall–Kier alpha value is -0.860. The summed E-state index contributed by atoms with van der Waals surface area (Å²) >= 11 is 0. The van der Waals surface area contributed by atoms with Gasteiger partial charge in [-0.25, -0.2) is 0 Å². The van der Waals surface area contributed by atoms with Crippen LogP contribution in [0.4, 0.5) is 0 Å². The molecule has 0 heterocycles. The Morgan fingerprint density at radius 1 is 0.680 bits per heavy atom. The predicted molar refractivity (Wildman–Crippen MR) is 106 cm³/mol. The highest BCUT2D eigenvalue weighted by molar-refractivity contribution is 5.97. The number of ketones is 1. The molecule has 1 unspecified atom stereocenters. The molecule has 0 aromatic carbocycles. The molecule has 0 aromatic heterocycles. The quantitative estimate of drug-likeness (QED) is 0.158. The second kappa shape index (κ2) is 17.9. The van der Waals surface area contributed by atoms with E-state index in [9.17, 15) is 9.59 Å². The van der Waals surface area contributed by atoms with Gasteiger partial charge in [0.25, 0.3) is 0 Å². The maximum absolute atomic E-state index is 11.7. The average molecular weight is 355 g/mol. The normalized spacial score (nSPS) is 12.1. The van der Waals surface area contributed by atoms with Gasteiger partial charge in [0.05, 0.1) is 6.61 Å². The highest BCUT2D eigenvalue weighted by Gasteiger charge is 2.23. The zero-order valence-electron chi connectivity index (χ0n) is 17.1. The number of esters is 1. The summed E-state index contributed by atoms with van der Waals surface area (Å²) in [4.78, 5) is 23.2. The number of carbonyl (C=O) groups excluding carboxylic acids is 2. The Labute approximate surface area is 156 Å². The van der Waals surface area contributed by atoms with E-state index in [0.717, 1.165) is 12.8 Å². The first-order valence-corrected chi connectivity index (χ1v) is 10.8. The van der Waals surface area contributed by atoms with Crippen LogP contribution < -0.4 is 0 Å². The van der Waals surface area contributed by atoms with Crippen LogP contribution in [0.25, 0.3) is 0 Å². The van der Waals surface area contributed by atoms with Gasteiger partial charge in [-0.15, -0.1) is 0 Å². The van der Waals surface area contributed by atoms with Gasteiger partial charge in [-0.05, 0) is 20.3 Å². The fourth-order valence-corrected chi connectivity index (χ4v) is 3.27. The van der Waals surface area contributed by atoms with Crippen LogP contribution in [0.5, 0.6) is 0 Å². The van der Waals surface area contributed by atoms with Crippen molar-refractivity contribution in [3.8, 4) is 0 Å². The zero-order valence-corrected chi connectivity index (χ0v) is 17.1. The van der Waals surface area contributed by atoms with Crippen molar-refractivity contribution in [2.24, 2.45) is 5.92 Å². The number of hydrogen-bond acceptors (Lipinski definition) is 3. The Morgan fingerprint density at radius 3 is 1.44 bits per heavy atom. The Kier molecular flexibility index (Phi) is 17.3. The standard InChI is InChI=1S/C22H42O3/c1-4-6-7-8-9-10-11-12-13-14-15-16-17-18-19-21(20(3)23)22(24)25-5-2/h21H,4-19H2,1-3H3. The second-order valence-corrected chi connectivity index (χ2v) is 7.30. The van der Waals surface area contributed by atoms with Crippen molar-refractivity contribution in [1.29, 1.82) is 0 Å². The van der Waals surface area contributed by atoms with Gasteiger partial charge in [-0.2, -0.15) is 0 Å². The summed E-state index contributed by atoms with van der Waals surface area (Å²) < 4.78 is 4.98. The largest absolute Gasteiger partial charge is 0.465 e. The molecule has 0 N–H and O–H groups in total. The molecular formula is C22H42O3. The molecule has 0 saturated heterocycles. The predicted octanol–water partition coefficient (Wildman–Crippen LogP) is 6.63. The van der Waals surface area contributed by atoms with Crippen LogP contribution in [0, 0.1) is 5.92 Å². The molecule has 0 aliphatic rings. The van der Waals surface area contributed by atoms with Crippen LogP contribution >= 0.6 is 0 Å². The third-order valence-electron chi connectivity index (χ3n) is 4.91. The number of Topliss-reactive ketones (excluding diaryl/α,β-unsaturated/α-hetero) is 1. The first kappa shape index (κ1) is 24.1. The van der Waals surface area contributed by atoms with Crippen molar-refractivity contribution < 1.29 is 14.3 Å². The molecule has 3 heteroatoms. The van der Waals surface area contributed by atoms with E-state index >= 15 is 0 Å². The van der Waals surface area contributed by atoms with Crippen molar-refractivity contribution >= 4 is 11.8 Å². The minimum atomic E-state index is -0.544. The lowest BCUT2D eigenvalue weighted by atomic mass is 9.97. The van der Waals surface area contributed by atoms with Gasteiger partial charge in [-0.1, -0.05) is 96.8 Å². The summed E-state index contributed by atoms with van der Waals surface area (Å²) in [6, 6.07) is 0. The molecule has 148 valence electrons. The monoisotopic (exact) mass is 354 g/mol. The average Bonchev–Trinajstić information content (AvgIpc) is 2.58. The molecule has 0 aliphatic carbocycles. The van der Waals surface area contributed by atoms with Crippen LogP contribution in [-0.4, -0.2) is 18.4 Å². The second-order valence-electron chi connectivity index (χ2n) is 7.30. The summed E-state index contributed by atoms with van der Waals surface area (Å²) in [7, 11) is 0. The highest BCUT2D eigenvalue weighted by Crippen LogP contribution is 2.16. The topological polar surface area (TPSA) is 43.4 Å². The van der Waals surface area contributed by atoms with E-state index in [-0.39, 0.29) is 11.8 Å². The Balaban J connectivity index is 3.40. The van der Waals surface area contributed by atoms with E-state index in [1.165, 1.54) is 84.0 Å². The molecule has 1 atom stereocenters. The van der Waals surface area contributed by atoms with Crippen molar-refractivity contribution in [1.82, 2.24) is 0 Å². The van der Waals surface area contributed by atoms with Crippen LogP contribution in [0.1, 0.15) is 117 Å². The molecule has 0 amide bonds. The minimum absolute atomic E-state index is 0.0619. The number of carbonyl (C=O) groups is 2. The number of ether oxygens (including phenoxy) is 1. The first-order chi connectivity index (χ1) is 12.1. The third kappa shape index (κ3) is 15.1.